The lowest BCUT2D eigenvalue weighted by molar-refractivity contribution is 0.0591. The Bertz CT molecular complexity index is 435. The standard InChI is InChI=1S/C8H11N5O3/c1-13-3-5(6(4-14)10-12-9)7(11-13)8(15)16-2/h3,6,14H,4H2,1-2H3. The molecule has 8 nitrogen and oxygen atoms in total. The number of aliphatic hydroxyl groups is 1. The van der Waals surface area contributed by atoms with Gasteiger partial charge in [-0.05, 0) is 5.53 Å². The lowest BCUT2D eigenvalue weighted by Gasteiger charge is -2.05. The van der Waals surface area contributed by atoms with Gasteiger partial charge in [-0.15, -0.1) is 0 Å². The first-order valence-corrected chi connectivity index (χ1v) is 4.41. The summed E-state index contributed by atoms with van der Waals surface area (Å²) in [6, 6.07) is -0.840. The van der Waals surface area contributed by atoms with Crippen molar-refractivity contribution in [2.24, 2.45) is 12.2 Å². The Kier molecular flexibility index (Phi) is 3.87. The highest BCUT2D eigenvalue weighted by Crippen LogP contribution is 2.21. The molecule has 0 saturated carbocycles. The number of ether oxygens (including phenoxy) is 1. The van der Waals surface area contributed by atoms with E-state index in [0.717, 1.165) is 0 Å². The Balaban J connectivity index is 3.20. The number of esters is 1. The molecular formula is C8H11N5O3. The normalized spacial score (nSPS) is 11.7. The van der Waals surface area contributed by atoms with Crippen molar-refractivity contribution in [2.45, 2.75) is 6.04 Å². The molecule has 0 radical (unpaired) electrons. The summed E-state index contributed by atoms with van der Waals surface area (Å²) in [5.74, 6) is -0.637. The van der Waals surface area contributed by atoms with Crippen LogP contribution < -0.4 is 0 Å². The van der Waals surface area contributed by atoms with Gasteiger partial charge in [0.2, 0.25) is 0 Å². The van der Waals surface area contributed by atoms with Crippen molar-refractivity contribution in [3.63, 3.8) is 0 Å². The zero-order valence-electron chi connectivity index (χ0n) is 8.86. The first-order chi connectivity index (χ1) is 7.63. The summed E-state index contributed by atoms with van der Waals surface area (Å²) in [5.41, 5.74) is 8.71. The summed E-state index contributed by atoms with van der Waals surface area (Å²) in [6.07, 6.45) is 1.50. The summed E-state index contributed by atoms with van der Waals surface area (Å²) in [4.78, 5) is 14.0. The third-order valence-corrected chi connectivity index (χ3v) is 1.96. The molecule has 1 N–H and O–H groups in total. The number of rotatable bonds is 4. The van der Waals surface area contributed by atoms with Crippen LogP contribution in [-0.2, 0) is 11.8 Å². The maximum Gasteiger partial charge on any atom is 0.358 e. The van der Waals surface area contributed by atoms with E-state index in [4.69, 9.17) is 10.6 Å². The minimum Gasteiger partial charge on any atom is -0.464 e. The molecule has 16 heavy (non-hydrogen) atoms. The first-order valence-electron chi connectivity index (χ1n) is 4.41. The molecule has 86 valence electrons. The van der Waals surface area contributed by atoms with E-state index in [9.17, 15) is 4.79 Å². The third-order valence-electron chi connectivity index (χ3n) is 1.96. The quantitative estimate of drug-likeness (QED) is 0.349. The van der Waals surface area contributed by atoms with Crippen LogP contribution in [0.15, 0.2) is 11.3 Å². The number of methoxy groups -OCH3 is 1. The van der Waals surface area contributed by atoms with Crippen LogP contribution in [-0.4, -0.2) is 34.6 Å². The van der Waals surface area contributed by atoms with Gasteiger partial charge in [0.05, 0.1) is 19.8 Å². The highest BCUT2D eigenvalue weighted by atomic mass is 16.5. The first kappa shape index (κ1) is 12.0. The van der Waals surface area contributed by atoms with Crippen LogP contribution in [0.4, 0.5) is 0 Å². The van der Waals surface area contributed by atoms with Gasteiger partial charge in [0, 0.05) is 23.7 Å². The predicted octanol–water partition coefficient (Wildman–Crippen LogP) is 0.550. The molecule has 0 aliphatic heterocycles. The number of hydrogen-bond acceptors (Lipinski definition) is 5. The zero-order valence-corrected chi connectivity index (χ0v) is 8.86. The average molecular weight is 225 g/mol. The molecule has 0 fully saturated rings. The van der Waals surface area contributed by atoms with Crippen LogP contribution in [0.25, 0.3) is 10.4 Å². The molecule has 0 amide bonds. The number of aryl methyl sites for hydroxylation is 1. The maximum atomic E-state index is 11.4. The SMILES string of the molecule is COC(=O)c1nn(C)cc1C(CO)N=[N+]=[N-]. The molecule has 0 aromatic carbocycles. The summed E-state index contributed by atoms with van der Waals surface area (Å²) >= 11 is 0. The molecule has 1 heterocycles. The van der Waals surface area contributed by atoms with Crippen LogP contribution in [0.5, 0.6) is 0 Å². The molecule has 8 heteroatoms. The minimum atomic E-state index is -0.840. The van der Waals surface area contributed by atoms with Crippen molar-refractivity contribution in [1.29, 1.82) is 0 Å². The van der Waals surface area contributed by atoms with Crippen LogP contribution in [0.3, 0.4) is 0 Å². The van der Waals surface area contributed by atoms with E-state index in [1.54, 1.807) is 7.05 Å². The Hall–Kier alpha value is -2.05. The molecular weight excluding hydrogens is 214 g/mol. The van der Waals surface area contributed by atoms with Gasteiger partial charge >= 0.3 is 5.97 Å². The molecule has 0 spiro atoms. The van der Waals surface area contributed by atoms with E-state index < -0.39 is 18.6 Å². The largest absolute Gasteiger partial charge is 0.464 e. The average Bonchev–Trinajstić information content (AvgIpc) is 2.67. The molecule has 1 rings (SSSR count). The Morgan fingerprint density at radius 2 is 2.56 bits per heavy atom. The van der Waals surface area contributed by atoms with Crippen LogP contribution in [0, 0.1) is 0 Å². The predicted molar refractivity (Wildman–Crippen MR) is 53.5 cm³/mol. The Morgan fingerprint density at radius 3 is 3.06 bits per heavy atom. The number of nitrogens with zero attached hydrogens (tertiary/aromatic N) is 5. The van der Waals surface area contributed by atoms with E-state index in [1.807, 2.05) is 0 Å². The summed E-state index contributed by atoms with van der Waals surface area (Å²) < 4.78 is 5.92. The lowest BCUT2D eigenvalue weighted by atomic mass is 10.1. The maximum absolute atomic E-state index is 11.4. The summed E-state index contributed by atoms with van der Waals surface area (Å²) in [6.45, 7) is -0.403. The van der Waals surface area contributed by atoms with Crippen molar-refractivity contribution < 1.29 is 14.6 Å². The van der Waals surface area contributed by atoms with Crippen LogP contribution >= 0.6 is 0 Å². The molecule has 1 aromatic rings. The van der Waals surface area contributed by atoms with Gasteiger partial charge in [0.1, 0.15) is 0 Å². The molecule has 1 unspecified atom stereocenters. The van der Waals surface area contributed by atoms with Crippen LogP contribution in [0.2, 0.25) is 0 Å². The topological polar surface area (TPSA) is 113 Å². The summed E-state index contributed by atoms with van der Waals surface area (Å²) in [5, 5.41) is 16.3. The van der Waals surface area contributed by atoms with Crippen molar-refractivity contribution in [3.8, 4) is 0 Å². The Labute approximate surface area is 91.1 Å². The second-order valence-electron chi connectivity index (χ2n) is 3.00. The van der Waals surface area contributed by atoms with Gasteiger partial charge in [0.25, 0.3) is 0 Å². The molecule has 0 bridgehead atoms. The van der Waals surface area contributed by atoms with Gasteiger partial charge < -0.3 is 9.84 Å². The monoisotopic (exact) mass is 225 g/mol. The third kappa shape index (κ3) is 2.30. The second kappa shape index (κ2) is 5.15. The number of hydrogen-bond donors (Lipinski definition) is 1. The zero-order chi connectivity index (χ0) is 12.1. The molecule has 1 aromatic heterocycles. The van der Waals surface area contributed by atoms with E-state index in [1.165, 1.54) is 18.0 Å². The highest BCUT2D eigenvalue weighted by Gasteiger charge is 2.22. The van der Waals surface area contributed by atoms with E-state index in [0.29, 0.717) is 5.56 Å². The van der Waals surface area contributed by atoms with Gasteiger partial charge in [-0.25, -0.2) is 4.79 Å². The van der Waals surface area contributed by atoms with Crippen molar-refractivity contribution in [2.75, 3.05) is 13.7 Å². The van der Waals surface area contributed by atoms with Crippen LogP contribution in [0.1, 0.15) is 22.1 Å². The molecule has 1 atom stereocenters. The van der Waals surface area contributed by atoms with Crippen molar-refractivity contribution >= 4 is 5.97 Å². The van der Waals surface area contributed by atoms with Gasteiger partial charge in [-0.3, -0.25) is 4.68 Å². The van der Waals surface area contributed by atoms with Gasteiger partial charge in [-0.2, -0.15) is 5.10 Å². The van der Waals surface area contributed by atoms with Gasteiger partial charge in [0.15, 0.2) is 5.69 Å². The number of aliphatic hydroxyl groups excluding tert-OH is 1. The van der Waals surface area contributed by atoms with Crippen molar-refractivity contribution in [3.05, 3.63) is 27.9 Å². The fourth-order valence-corrected chi connectivity index (χ4v) is 1.27. The molecule has 0 aliphatic rings. The molecule has 0 aliphatic carbocycles. The fraction of sp³-hybridized carbons (Fsp3) is 0.500. The highest BCUT2D eigenvalue weighted by molar-refractivity contribution is 5.88. The summed E-state index contributed by atoms with van der Waals surface area (Å²) in [7, 11) is 2.84. The van der Waals surface area contributed by atoms with E-state index in [2.05, 4.69) is 19.9 Å². The van der Waals surface area contributed by atoms with E-state index >= 15 is 0 Å². The number of carbonyl (C=O) groups is 1. The number of carbonyl (C=O) groups excluding carboxylic acids is 1. The smallest absolute Gasteiger partial charge is 0.358 e. The fourth-order valence-electron chi connectivity index (χ4n) is 1.27. The van der Waals surface area contributed by atoms with Crippen molar-refractivity contribution in [1.82, 2.24) is 9.78 Å². The number of azide groups is 1. The number of aromatic nitrogens is 2. The lowest BCUT2D eigenvalue weighted by Crippen LogP contribution is -2.09. The van der Waals surface area contributed by atoms with Gasteiger partial charge in [-0.1, -0.05) is 5.11 Å². The minimum absolute atomic E-state index is 0.0384. The second-order valence-corrected chi connectivity index (χ2v) is 3.00. The Morgan fingerprint density at radius 1 is 1.88 bits per heavy atom. The van der Waals surface area contributed by atoms with E-state index in [-0.39, 0.29) is 5.69 Å². The molecule has 0 saturated heterocycles.